The van der Waals surface area contributed by atoms with Gasteiger partial charge in [0.2, 0.25) is 5.91 Å². The number of aromatic nitrogens is 2. The van der Waals surface area contributed by atoms with E-state index in [2.05, 4.69) is 10.4 Å². The number of aryl methyl sites for hydroxylation is 2. The highest BCUT2D eigenvalue weighted by Gasteiger charge is 2.08. The maximum absolute atomic E-state index is 12.8. The minimum atomic E-state index is -0.332. The summed E-state index contributed by atoms with van der Waals surface area (Å²) < 4.78 is 14.7. The average Bonchev–Trinajstić information content (AvgIpc) is 2.74. The molecule has 0 unspecified atom stereocenters. The summed E-state index contributed by atoms with van der Waals surface area (Å²) in [5.74, 6) is -0.591. The number of hydrogen-bond acceptors (Lipinski definition) is 2. The molecule has 0 fully saturated rings. The van der Waals surface area contributed by atoms with Crippen molar-refractivity contribution >= 4 is 17.7 Å². The number of anilines is 1. The molecule has 2 aromatic rings. The highest BCUT2D eigenvalue weighted by molar-refractivity contribution is 6.02. The number of nitrogens with one attached hydrogen (secondary N) is 1. The molecule has 0 aliphatic rings. The highest BCUT2D eigenvalue weighted by Crippen LogP contribution is 2.15. The summed E-state index contributed by atoms with van der Waals surface area (Å²) in [6.45, 7) is 6.70. The summed E-state index contributed by atoms with van der Waals surface area (Å²) in [7, 11) is 0. The van der Waals surface area contributed by atoms with E-state index in [4.69, 9.17) is 0 Å². The molecule has 110 valence electrons. The van der Waals surface area contributed by atoms with Gasteiger partial charge in [0.05, 0.1) is 5.69 Å². The van der Waals surface area contributed by atoms with Gasteiger partial charge in [-0.2, -0.15) is 5.10 Å². The van der Waals surface area contributed by atoms with Crippen molar-refractivity contribution in [2.75, 3.05) is 5.32 Å². The van der Waals surface area contributed by atoms with Crippen LogP contribution in [0.3, 0.4) is 0 Å². The Morgan fingerprint density at radius 2 is 2.00 bits per heavy atom. The van der Waals surface area contributed by atoms with Gasteiger partial charge in [0.25, 0.3) is 0 Å². The standard InChI is InChI=1S/C16H18FN3O/c1-4-20-12(3)15(11(2)19-20)9-10-16(21)18-14-7-5-13(17)6-8-14/h5-10H,4H2,1-3H3,(H,18,21)/b10-9+. The van der Waals surface area contributed by atoms with Gasteiger partial charge in [-0.15, -0.1) is 0 Å². The average molecular weight is 287 g/mol. The first kappa shape index (κ1) is 15.0. The normalized spacial score (nSPS) is 11.0. The molecule has 0 atom stereocenters. The maximum atomic E-state index is 12.8. The smallest absolute Gasteiger partial charge is 0.248 e. The Balaban J connectivity index is 2.09. The zero-order valence-corrected chi connectivity index (χ0v) is 12.4. The number of carbonyl (C=O) groups is 1. The molecule has 1 amide bonds. The second kappa shape index (κ2) is 6.35. The van der Waals surface area contributed by atoms with Crippen molar-refractivity contribution in [2.24, 2.45) is 0 Å². The molecule has 0 saturated heterocycles. The van der Waals surface area contributed by atoms with Crippen molar-refractivity contribution in [3.05, 3.63) is 53.1 Å². The van der Waals surface area contributed by atoms with Gasteiger partial charge in [0.1, 0.15) is 5.82 Å². The topological polar surface area (TPSA) is 46.9 Å². The van der Waals surface area contributed by atoms with Crippen LogP contribution < -0.4 is 5.32 Å². The van der Waals surface area contributed by atoms with Crippen molar-refractivity contribution in [1.82, 2.24) is 9.78 Å². The fourth-order valence-corrected chi connectivity index (χ4v) is 2.14. The Labute approximate surface area is 123 Å². The van der Waals surface area contributed by atoms with E-state index < -0.39 is 0 Å². The van der Waals surface area contributed by atoms with Crippen LogP contribution in [0.4, 0.5) is 10.1 Å². The van der Waals surface area contributed by atoms with Gasteiger partial charge in [0.15, 0.2) is 0 Å². The molecule has 1 aromatic carbocycles. The molecule has 21 heavy (non-hydrogen) atoms. The Hall–Kier alpha value is -2.43. The monoisotopic (exact) mass is 287 g/mol. The van der Waals surface area contributed by atoms with Crippen molar-refractivity contribution < 1.29 is 9.18 Å². The Bertz CT molecular complexity index is 672. The predicted octanol–water partition coefficient (Wildman–Crippen LogP) is 3.31. The molecule has 0 radical (unpaired) electrons. The lowest BCUT2D eigenvalue weighted by molar-refractivity contribution is -0.111. The number of hydrogen-bond donors (Lipinski definition) is 1. The van der Waals surface area contributed by atoms with Gasteiger partial charge < -0.3 is 5.32 Å². The van der Waals surface area contributed by atoms with Crippen LogP contribution in [0.1, 0.15) is 23.9 Å². The van der Waals surface area contributed by atoms with E-state index >= 15 is 0 Å². The number of rotatable bonds is 4. The Morgan fingerprint density at radius 1 is 1.33 bits per heavy atom. The number of amides is 1. The lowest BCUT2D eigenvalue weighted by Crippen LogP contribution is -2.07. The summed E-state index contributed by atoms with van der Waals surface area (Å²) >= 11 is 0. The van der Waals surface area contributed by atoms with Crippen molar-refractivity contribution in [3.8, 4) is 0 Å². The third-order valence-corrected chi connectivity index (χ3v) is 3.25. The SMILES string of the molecule is CCn1nc(C)c(/C=C/C(=O)Nc2ccc(F)cc2)c1C. The molecule has 5 heteroatoms. The quantitative estimate of drug-likeness (QED) is 0.877. The van der Waals surface area contributed by atoms with Crippen LogP contribution in [0.2, 0.25) is 0 Å². The van der Waals surface area contributed by atoms with E-state index in [0.29, 0.717) is 5.69 Å². The first-order chi connectivity index (χ1) is 10.0. The minimum Gasteiger partial charge on any atom is -0.323 e. The summed E-state index contributed by atoms with van der Waals surface area (Å²) in [4.78, 5) is 11.9. The molecule has 1 aromatic heterocycles. The van der Waals surface area contributed by atoms with Crippen LogP contribution >= 0.6 is 0 Å². The summed E-state index contributed by atoms with van der Waals surface area (Å²) in [5, 5.41) is 7.07. The largest absolute Gasteiger partial charge is 0.323 e. The Morgan fingerprint density at radius 3 is 2.57 bits per heavy atom. The van der Waals surface area contributed by atoms with Gasteiger partial charge in [0, 0.05) is 29.6 Å². The molecule has 0 bridgehead atoms. The zero-order chi connectivity index (χ0) is 15.4. The number of nitrogens with zero attached hydrogens (tertiary/aromatic N) is 2. The van der Waals surface area contributed by atoms with E-state index in [0.717, 1.165) is 23.5 Å². The second-order valence-electron chi connectivity index (χ2n) is 4.73. The van der Waals surface area contributed by atoms with Crippen molar-refractivity contribution in [1.29, 1.82) is 0 Å². The first-order valence-corrected chi connectivity index (χ1v) is 6.80. The molecular formula is C16H18FN3O. The minimum absolute atomic E-state index is 0.260. The Kier molecular flexibility index (Phi) is 4.52. The second-order valence-corrected chi connectivity index (χ2v) is 4.73. The van der Waals surface area contributed by atoms with Crippen LogP contribution in [0.5, 0.6) is 0 Å². The third kappa shape index (κ3) is 3.56. The number of halogens is 1. The maximum Gasteiger partial charge on any atom is 0.248 e. The van der Waals surface area contributed by atoms with Crippen LogP contribution in [0, 0.1) is 19.7 Å². The highest BCUT2D eigenvalue weighted by atomic mass is 19.1. The zero-order valence-electron chi connectivity index (χ0n) is 12.4. The molecule has 1 N–H and O–H groups in total. The van der Waals surface area contributed by atoms with Crippen LogP contribution in [0.25, 0.3) is 6.08 Å². The fraction of sp³-hybridized carbons (Fsp3) is 0.250. The molecule has 1 heterocycles. The molecule has 0 spiro atoms. The molecule has 0 aliphatic carbocycles. The van der Waals surface area contributed by atoms with Gasteiger partial charge in [-0.3, -0.25) is 9.48 Å². The van der Waals surface area contributed by atoms with Crippen LogP contribution in [-0.2, 0) is 11.3 Å². The lowest BCUT2D eigenvalue weighted by Gasteiger charge is -2.01. The van der Waals surface area contributed by atoms with Crippen LogP contribution in [-0.4, -0.2) is 15.7 Å². The summed E-state index contributed by atoms with van der Waals surface area (Å²) in [5.41, 5.74) is 3.43. The fourth-order valence-electron chi connectivity index (χ4n) is 2.14. The number of benzene rings is 1. The van der Waals surface area contributed by atoms with Crippen molar-refractivity contribution in [3.63, 3.8) is 0 Å². The van der Waals surface area contributed by atoms with Gasteiger partial charge >= 0.3 is 0 Å². The van der Waals surface area contributed by atoms with Gasteiger partial charge in [-0.05, 0) is 51.1 Å². The molecule has 4 nitrogen and oxygen atoms in total. The molecule has 2 rings (SSSR count). The van der Waals surface area contributed by atoms with E-state index in [1.165, 1.54) is 30.3 Å². The van der Waals surface area contributed by atoms with Crippen LogP contribution in [0.15, 0.2) is 30.3 Å². The third-order valence-electron chi connectivity index (χ3n) is 3.25. The van der Waals surface area contributed by atoms with Gasteiger partial charge in [-0.25, -0.2) is 4.39 Å². The van der Waals surface area contributed by atoms with E-state index in [-0.39, 0.29) is 11.7 Å². The molecule has 0 aliphatic heterocycles. The summed E-state index contributed by atoms with van der Waals surface area (Å²) in [6.07, 6.45) is 3.21. The first-order valence-electron chi connectivity index (χ1n) is 6.80. The van der Waals surface area contributed by atoms with Crippen molar-refractivity contribution in [2.45, 2.75) is 27.3 Å². The number of carbonyl (C=O) groups excluding carboxylic acids is 1. The lowest BCUT2D eigenvalue weighted by atomic mass is 10.2. The predicted molar refractivity (Wildman–Crippen MR) is 81.4 cm³/mol. The van der Waals surface area contributed by atoms with E-state index in [1.54, 1.807) is 6.08 Å². The molecule has 0 saturated carbocycles. The van der Waals surface area contributed by atoms with E-state index in [9.17, 15) is 9.18 Å². The van der Waals surface area contributed by atoms with Gasteiger partial charge in [-0.1, -0.05) is 0 Å². The molecular weight excluding hydrogens is 269 g/mol. The van der Waals surface area contributed by atoms with E-state index in [1.807, 2.05) is 25.5 Å². The summed E-state index contributed by atoms with van der Waals surface area (Å²) in [6, 6.07) is 5.65.